The summed E-state index contributed by atoms with van der Waals surface area (Å²) in [5.74, 6) is 1.70. The van der Waals surface area contributed by atoms with E-state index in [2.05, 4.69) is 43.0 Å². The molecule has 1 heterocycles. The Morgan fingerprint density at radius 2 is 1.89 bits per heavy atom. The summed E-state index contributed by atoms with van der Waals surface area (Å²) < 4.78 is 0. The van der Waals surface area contributed by atoms with Crippen molar-refractivity contribution in [3.63, 3.8) is 0 Å². The fourth-order valence-corrected chi connectivity index (χ4v) is 1.78. The lowest BCUT2D eigenvalue weighted by atomic mass is 9.92. The van der Waals surface area contributed by atoms with Crippen molar-refractivity contribution >= 4 is 17.4 Å². The van der Waals surface area contributed by atoms with Crippen LogP contribution in [0.25, 0.3) is 0 Å². The zero-order valence-electron chi connectivity index (χ0n) is 12.1. The summed E-state index contributed by atoms with van der Waals surface area (Å²) in [6, 6.07) is 0. The number of rotatable bonds is 5. The molecule has 0 radical (unpaired) electrons. The molecule has 0 saturated carbocycles. The molecule has 0 aliphatic rings. The molecule has 1 N–H and O–H groups in total. The van der Waals surface area contributed by atoms with E-state index in [1.165, 1.54) is 0 Å². The first kappa shape index (κ1) is 15.2. The minimum Gasteiger partial charge on any atom is -0.370 e. The summed E-state index contributed by atoms with van der Waals surface area (Å²) in [6.45, 7) is 11.7. The number of aromatic nitrogens is 2. The summed E-state index contributed by atoms with van der Waals surface area (Å²) >= 11 is 6.13. The molecule has 0 aromatic carbocycles. The van der Waals surface area contributed by atoms with E-state index in [1.54, 1.807) is 0 Å². The van der Waals surface area contributed by atoms with Gasteiger partial charge in [-0.1, -0.05) is 39.3 Å². The third-order valence-corrected chi connectivity index (χ3v) is 3.14. The fraction of sp³-hybridized carbons (Fsp3) is 0.714. The van der Waals surface area contributed by atoms with E-state index in [9.17, 15) is 0 Å². The number of nitrogens with one attached hydrogen (secondary N) is 1. The summed E-state index contributed by atoms with van der Waals surface area (Å²) in [5.41, 5.74) is 1.26. The maximum absolute atomic E-state index is 6.13. The van der Waals surface area contributed by atoms with Crippen LogP contribution in [0.15, 0.2) is 0 Å². The van der Waals surface area contributed by atoms with E-state index < -0.39 is 0 Å². The van der Waals surface area contributed by atoms with Crippen LogP contribution in [-0.2, 0) is 6.42 Å². The highest BCUT2D eigenvalue weighted by atomic mass is 35.5. The zero-order valence-corrected chi connectivity index (χ0v) is 12.9. The van der Waals surface area contributed by atoms with Gasteiger partial charge in [0.1, 0.15) is 16.8 Å². The van der Waals surface area contributed by atoms with Crippen LogP contribution >= 0.6 is 11.6 Å². The van der Waals surface area contributed by atoms with E-state index in [0.29, 0.717) is 10.6 Å². The van der Waals surface area contributed by atoms with Crippen LogP contribution in [0.1, 0.15) is 51.9 Å². The van der Waals surface area contributed by atoms with Gasteiger partial charge < -0.3 is 5.32 Å². The molecule has 0 aliphatic heterocycles. The van der Waals surface area contributed by atoms with Gasteiger partial charge in [-0.25, -0.2) is 9.97 Å². The second-order valence-electron chi connectivity index (χ2n) is 5.89. The molecular weight excluding hydrogens is 246 g/mol. The molecule has 0 amide bonds. The van der Waals surface area contributed by atoms with E-state index in [1.807, 2.05) is 6.92 Å². The van der Waals surface area contributed by atoms with Crippen molar-refractivity contribution in [3.8, 4) is 0 Å². The Hall–Kier alpha value is -0.830. The van der Waals surface area contributed by atoms with Crippen LogP contribution in [0.2, 0.25) is 5.15 Å². The summed E-state index contributed by atoms with van der Waals surface area (Å²) in [6.07, 6.45) is 2.99. The Morgan fingerprint density at radius 3 is 2.44 bits per heavy atom. The summed E-state index contributed by atoms with van der Waals surface area (Å²) in [7, 11) is 0. The average Bonchev–Trinajstić information content (AvgIpc) is 2.23. The van der Waals surface area contributed by atoms with Crippen LogP contribution in [-0.4, -0.2) is 16.5 Å². The molecule has 0 atom stereocenters. The van der Waals surface area contributed by atoms with Gasteiger partial charge in [0.15, 0.2) is 0 Å². The minimum atomic E-state index is 0.323. The van der Waals surface area contributed by atoms with E-state index in [4.69, 9.17) is 11.6 Å². The SMILES string of the molecule is CCCc1nc(Cl)c(C)c(NCCC(C)(C)C)n1. The second-order valence-corrected chi connectivity index (χ2v) is 6.25. The molecule has 1 rings (SSSR count). The van der Waals surface area contributed by atoms with Crippen molar-refractivity contribution in [2.75, 3.05) is 11.9 Å². The maximum atomic E-state index is 6.13. The standard InChI is InChI=1S/C14H24ClN3/c1-6-7-11-17-12(15)10(2)13(18-11)16-9-8-14(3,4)5/h6-9H2,1-5H3,(H,16,17,18). The Labute approximate surface area is 115 Å². The van der Waals surface area contributed by atoms with Crippen molar-refractivity contribution < 1.29 is 0 Å². The number of hydrogen-bond donors (Lipinski definition) is 1. The first-order valence-electron chi connectivity index (χ1n) is 6.60. The van der Waals surface area contributed by atoms with E-state index in [-0.39, 0.29) is 0 Å². The van der Waals surface area contributed by atoms with Gasteiger partial charge in [0.25, 0.3) is 0 Å². The normalized spacial score (nSPS) is 11.7. The van der Waals surface area contributed by atoms with Gasteiger partial charge in [0.2, 0.25) is 0 Å². The minimum absolute atomic E-state index is 0.323. The smallest absolute Gasteiger partial charge is 0.137 e. The Balaban J connectivity index is 2.74. The lowest BCUT2D eigenvalue weighted by molar-refractivity contribution is 0.389. The number of nitrogens with zero attached hydrogens (tertiary/aromatic N) is 2. The van der Waals surface area contributed by atoms with Gasteiger partial charge in [0.05, 0.1) is 0 Å². The topological polar surface area (TPSA) is 37.8 Å². The molecule has 0 fully saturated rings. The lowest BCUT2D eigenvalue weighted by Gasteiger charge is -2.19. The van der Waals surface area contributed by atoms with Crippen LogP contribution in [0.5, 0.6) is 0 Å². The van der Waals surface area contributed by atoms with Crippen LogP contribution in [0.4, 0.5) is 5.82 Å². The van der Waals surface area contributed by atoms with Gasteiger partial charge >= 0.3 is 0 Å². The molecule has 0 saturated heterocycles. The number of aryl methyl sites for hydroxylation is 1. The van der Waals surface area contributed by atoms with Crippen molar-refractivity contribution in [3.05, 3.63) is 16.5 Å². The molecule has 1 aromatic rings. The molecule has 0 unspecified atom stereocenters. The molecule has 0 aliphatic carbocycles. The Morgan fingerprint density at radius 1 is 1.22 bits per heavy atom. The van der Waals surface area contributed by atoms with Crippen molar-refractivity contribution in [1.82, 2.24) is 9.97 Å². The van der Waals surface area contributed by atoms with E-state index >= 15 is 0 Å². The number of hydrogen-bond acceptors (Lipinski definition) is 3. The summed E-state index contributed by atoms with van der Waals surface area (Å²) in [4.78, 5) is 8.83. The van der Waals surface area contributed by atoms with E-state index in [0.717, 1.165) is 43.0 Å². The zero-order chi connectivity index (χ0) is 13.8. The Bertz CT molecular complexity index is 397. The first-order chi connectivity index (χ1) is 8.33. The fourth-order valence-electron chi connectivity index (χ4n) is 1.60. The number of anilines is 1. The molecular formula is C14H24ClN3. The predicted molar refractivity (Wildman–Crippen MR) is 78.3 cm³/mol. The molecule has 102 valence electrons. The largest absolute Gasteiger partial charge is 0.370 e. The maximum Gasteiger partial charge on any atom is 0.137 e. The molecule has 1 aromatic heterocycles. The monoisotopic (exact) mass is 269 g/mol. The highest BCUT2D eigenvalue weighted by Crippen LogP contribution is 2.22. The molecule has 18 heavy (non-hydrogen) atoms. The second kappa shape index (κ2) is 6.37. The third-order valence-electron chi connectivity index (χ3n) is 2.77. The predicted octanol–water partition coefficient (Wildman–Crippen LogP) is 4.24. The molecule has 4 heteroatoms. The van der Waals surface area contributed by atoms with Crippen LogP contribution < -0.4 is 5.32 Å². The highest BCUT2D eigenvalue weighted by Gasteiger charge is 2.12. The summed E-state index contributed by atoms with van der Waals surface area (Å²) in [5, 5.41) is 3.94. The van der Waals surface area contributed by atoms with Crippen molar-refractivity contribution in [2.45, 2.75) is 53.9 Å². The first-order valence-corrected chi connectivity index (χ1v) is 6.98. The quantitative estimate of drug-likeness (QED) is 0.813. The molecule has 0 bridgehead atoms. The van der Waals surface area contributed by atoms with Gasteiger partial charge in [-0.15, -0.1) is 0 Å². The van der Waals surface area contributed by atoms with Crippen molar-refractivity contribution in [2.24, 2.45) is 5.41 Å². The Kier molecular flexibility index (Phi) is 5.39. The van der Waals surface area contributed by atoms with Gasteiger partial charge in [-0.3, -0.25) is 0 Å². The lowest BCUT2D eigenvalue weighted by Crippen LogP contribution is -2.15. The third kappa shape index (κ3) is 4.81. The molecule has 0 spiro atoms. The van der Waals surface area contributed by atoms with Gasteiger partial charge in [-0.05, 0) is 25.2 Å². The van der Waals surface area contributed by atoms with Crippen LogP contribution in [0.3, 0.4) is 0 Å². The highest BCUT2D eigenvalue weighted by molar-refractivity contribution is 6.30. The average molecular weight is 270 g/mol. The van der Waals surface area contributed by atoms with Crippen molar-refractivity contribution in [1.29, 1.82) is 0 Å². The van der Waals surface area contributed by atoms with Gasteiger partial charge in [-0.2, -0.15) is 0 Å². The van der Waals surface area contributed by atoms with Crippen LogP contribution in [0, 0.1) is 12.3 Å². The number of halogens is 1. The molecule has 3 nitrogen and oxygen atoms in total. The van der Waals surface area contributed by atoms with Gasteiger partial charge in [0, 0.05) is 18.5 Å².